The van der Waals surface area contributed by atoms with Gasteiger partial charge in [0.2, 0.25) is 0 Å². The Bertz CT molecular complexity index is 1050. The number of halogens is 1. The molecular weight excluding hydrogens is 350 g/mol. The molecule has 0 bridgehead atoms. The van der Waals surface area contributed by atoms with E-state index in [1.165, 1.54) is 0 Å². The Morgan fingerprint density at radius 3 is 2.58 bits per heavy atom. The lowest BCUT2D eigenvalue weighted by Gasteiger charge is -2.11. The van der Waals surface area contributed by atoms with Crippen LogP contribution in [0.2, 0.25) is 5.15 Å². The van der Waals surface area contributed by atoms with Gasteiger partial charge in [0.1, 0.15) is 28.7 Å². The number of benzene rings is 1. The molecule has 3 heterocycles. The van der Waals surface area contributed by atoms with Crippen molar-refractivity contribution in [3.05, 3.63) is 77.6 Å². The zero-order valence-electron chi connectivity index (χ0n) is 14.1. The van der Waals surface area contributed by atoms with E-state index in [4.69, 9.17) is 21.1 Å². The Balaban J connectivity index is 1.78. The molecule has 0 fully saturated rings. The third-order valence-electron chi connectivity index (χ3n) is 3.98. The van der Waals surface area contributed by atoms with Crippen LogP contribution in [0.15, 0.2) is 66.9 Å². The number of rotatable bonds is 5. The highest BCUT2D eigenvalue weighted by molar-refractivity contribution is 6.29. The van der Waals surface area contributed by atoms with Crippen molar-refractivity contribution in [2.75, 3.05) is 7.11 Å². The average Bonchev–Trinajstić information content (AvgIpc) is 3.06. The van der Waals surface area contributed by atoms with Crippen molar-refractivity contribution in [1.82, 2.24) is 14.6 Å². The zero-order valence-corrected chi connectivity index (χ0v) is 14.8. The van der Waals surface area contributed by atoms with Crippen molar-refractivity contribution in [2.45, 2.75) is 6.61 Å². The minimum Gasteiger partial charge on any atom is -0.492 e. The topological polar surface area (TPSA) is 48.7 Å². The number of nitrogens with zero attached hydrogens (tertiary/aromatic N) is 3. The molecule has 0 unspecified atom stereocenters. The second kappa shape index (κ2) is 7.06. The molecule has 0 N–H and O–H groups in total. The fourth-order valence-electron chi connectivity index (χ4n) is 2.78. The van der Waals surface area contributed by atoms with Gasteiger partial charge in [-0.25, -0.2) is 9.50 Å². The van der Waals surface area contributed by atoms with Gasteiger partial charge in [0.15, 0.2) is 11.4 Å². The smallest absolute Gasteiger partial charge is 0.174 e. The lowest BCUT2D eigenvalue weighted by molar-refractivity contribution is 0.306. The van der Waals surface area contributed by atoms with Crippen molar-refractivity contribution in [3.63, 3.8) is 0 Å². The number of methoxy groups -OCH3 is 1. The van der Waals surface area contributed by atoms with E-state index in [2.05, 4.69) is 10.1 Å². The van der Waals surface area contributed by atoms with Crippen LogP contribution in [-0.2, 0) is 6.61 Å². The number of ether oxygens (including phenoxy) is 2. The Kier molecular flexibility index (Phi) is 4.46. The Morgan fingerprint density at radius 2 is 1.77 bits per heavy atom. The first-order valence-electron chi connectivity index (χ1n) is 8.11. The lowest BCUT2D eigenvalue weighted by atomic mass is 10.2. The van der Waals surface area contributed by atoms with E-state index in [1.807, 2.05) is 54.7 Å². The molecule has 0 aliphatic rings. The van der Waals surface area contributed by atoms with Gasteiger partial charge in [0.25, 0.3) is 0 Å². The molecule has 6 heteroatoms. The molecule has 0 aliphatic carbocycles. The molecule has 0 saturated heterocycles. The summed E-state index contributed by atoms with van der Waals surface area (Å²) in [6, 6.07) is 19.2. The molecule has 3 aromatic heterocycles. The first-order chi connectivity index (χ1) is 12.8. The van der Waals surface area contributed by atoms with Crippen molar-refractivity contribution >= 4 is 17.1 Å². The van der Waals surface area contributed by atoms with Gasteiger partial charge < -0.3 is 9.47 Å². The van der Waals surface area contributed by atoms with E-state index in [0.29, 0.717) is 34.6 Å². The third-order valence-corrected chi connectivity index (χ3v) is 4.20. The first kappa shape index (κ1) is 16.4. The summed E-state index contributed by atoms with van der Waals surface area (Å²) in [6.07, 6.45) is 1.86. The summed E-state index contributed by atoms with van der Waals surface area (Å²) in [5.74, 6) is 1.23. The van der Waals surface area contributed by atoms with Crippen LogP contribution in [0.4, 0.5) is 0 Å². The van der Waals surface area contributed by atoms with Crippen LogP contribution in [0.3, 0.4) is 0 Å². The normalized spacial score (nSPS) is 10.8. The van der Waals surface area contributed by atoms with Gasteiger partial charge in [-0.3, -0.25) is 0 Å². The highest BCUT2D eigenvalue weighted by atomic mass is 35.5. The van der Waals surface area contributed by atoms with Gasteiger partial charge in [-0.2, -0.15) is 5.10 Å². The molecule has 0 aliphatic heterocycles. The van der Waals surface area contributed by atoms with Crippen molar-refractivity contribution in [1.29, 1.82) is 0 Å². The largest absolute Gasteiger partial charge is 0.492 e. The summed E-state index contributed by atoms with van der Waals surface area (Å²) in [4.78, 5) is 4.44. The van der Waals surface area contributed by atoms with E-state index >= 15 is 0 Å². The summed E-state index contributed by atoms with van der Waals surface area (Å²) in [5.41, 5.74) is 3.05. The number of aromatic nitrogens is 3. The van der Waals surface area contributed by atoms with E-state index in [9.17, 15) is 0 Å². The van der Waals surface area contributed by atoms with Gasteiger partial charge in [-0.15, -0.1) is 0 Å². The maximum atomic E-state index is 6.14. The van der Waals surface area contributed by atoms with Crippen LogP contribution in [-0.4, -0.2) is 21.7 Å². The highest BCUT2D eigenvalue weighted by Crippen LogP contribution is 2.37. The molecule has 130 valence electrons. The molecule has 0 saturated carbocycles. The predicted molar refractivity (Wildman–Crippen MR) is 101 cm³/mol. The lowest BCUT2D eigenvalue weighted by Crippen LogP contribution is -1.99. The van der Waals surface area contributed by atoms with Crippen LogP contribution < -0.4 is 9.47 Å². The fraction of sp³-hybridized carbons (Fsp3) is 0.100. The molecule has 0 spiro atoms. The number of fused-ring (bicyclic) bond motifs is 1. The minimum absolute atomic E-state index is 0.367. The van der Waals surface area contributed by atoms with Gasteiger partial charge in [-0.1, -0.05) is 48.0 Å². The van der Waals surface area contributed by atoms with Crippen LogP contribution in [0.5, 0.6) is 11.5 Å². The Labute approximate surface area is 155 Å². The maximum absolute atomic E-state index is 6.14. The van der Waals surface area contributed by atoms with Gasteiger partial charge in [0, 0.05) is 6.20 Å². The van der Waals surface area contributed by atoms with Gasteiger partial charge in [0.05, 0.1) is 7.11 Å². The Hall–Kier alpha value is -3.05. The standard InChI is InChI=1S/C20H16ClN3O2/c1-25-20-15-9-5-6-12-24(15)23-19(20)18-16(10-11-17(21)22-18)26-13-14-7-3-2-4-8-14/h2-12H,13H2,1H3. The molecule has 1 aromatic carbocycles. The average molecular weight is 366 g/mol. The highest BCUT2D eigenvalue weighted by Gasteiger charge is 2.20. The summed E-state index contributed by atoms with van der Waals surface area (Å²) in [6.45, 7) is 0.423. The van der Waals surface area contributed by atoms with Crippen molar-refractivity contribution in [2.24, 2.45) is 0 Å². The van der Waals surface area contributed by atoms with Crippen molar-refractivity contribution in [3.8, 4) is 22.9 Å². The van der Waals surface area contributed by atoms with Crippen LogP contribution in [0, 0.1) is 0 Å². The van der Waals surface area contributed by atoms with Gasteiger partial charge in [-0.05, 0) is 29.8 Å². The molecule has 26 heavy (non-hydrogen) atoms. The predicted octanol–water partition coefficient (Wildman–Crippen LogP) is 4.64. The molecule has 0 atom stereocenters. The van der Waals surface area contributed by atoms with E-state index < -0.39 is 0 Å². The SMILES string of the molecule is COc1c(-c2nc(Cl)ccc2OCc2ccccc2)nn2ccccc12. The quantitative estimate of drug-likeness (QED) is 0.483. The maximum Gasteiger partial charge on any atom is 0.174 e. The van der Waals surface area contributed by atoms with E-state index in [-0.39, 0.29) is 0 Å². The summed E-state index contributed by atoms with van der Waals surface area (Å²) < 4.78 is 13.3. The molecule has 0 amide bonds. The minimum atomic E-state index is 0.367. The number of hydrogen-bond donors (Lipinski definition) is 0. The van der Waals surface area contributed by atoms with Crippen molar-refractivity contribution < 1.29 is 9.47 Å². The Morgan fingerprint density at radius 1 is 0.962 bits per heavy atom. The molecule has 4 rings (SSSR count). The summed E-state index contributed by atoms with van der Waals surface area (Å²) >= 11 is 6.14. The van der Waals surface area contributed by atoms with Gasteiger partial charge >= 0.3 is 0 Å². The second-order valence-electron chi connectivity index (χ2n) is 5.67. The van der Waals surface area contributed by atoms with Crippen LogP contribution >= 0.6 is 11.6 Å². The van der Waals surface area contributed by atoms with E-state index in [1.54, 1.807) is 23.8 Å². The molecule has 0 radical (unpaired) electrons. The molecule has 4 aromatic rings. The number of hydrogen-bond acceptors (Lipinski definition) is 4. The van der Waals surface area contributed by atoms with Crippen LogP contribution in [0.25, 0.3) is 16.9 Å². The number of pyridine rings is 2. The van der Waals surface area contributed by atoms with Crippen LogP contribution in [0.1, 0.15) is 5.56 Å². The summed E-state index contributed by atoms with van der Waals surface area (Å²) in [5, 5.41) is 4.97. The zero-order chi connectivity index (χ0) is 17.9. The third kappa shape index (κ3) is 3.09. The monoisotopic (exact) mass is 365 g/mol. The van der Waals surface area contributed by atoms with E-state index in [0.717, 1.165) is 11.1 Å². The summed E-state index contributed by atoms with van der Waals surface area (Å²) in [7, 11) is 1.61. The molecular formula is C20H16ClN3O2. The molecule has 5 nitrogen and oxygen atoms in total. The first-order valence-corrected chi connectivity index (χ1v) is 8.49. The second-order valence-corrected chi connectivity index (χ2v) is 6.05. The fourth-order valence-corrected chi connectivity index (χ4v) is 2.92.